The molecule has 4 rings (SSSR count). The number of likely N-dealkylation sites (tertiary alicyclic amines) is 2. The van der Waals surface area contributed by atoms with Crippen LogP contribution >= 0.6 is 0 Å². The van der Waals surface area contributed by atoms with Crippen molar-refractivity contribution in [3.05, 3.63) is 59.2 Å². The number of nitrogens with zero attached hydrogens (tertiary/aromatic N) is 2. The molecule has 2 aromatic rings. The highest BCUT2D eigenvalue weighted by atomic mass is 19.4. The van der Waals surface area contributed by atoms with E-state index in [1.807, 2.05) is 37.8 Å². The topological polar surface area (TPSA) is 42.0 Å². The number of carbonyl (C=O) groups excluding carboxylic acids is 1. The first kappa shape index (κ1) is 29.7. The number of alkyl halides is 4. The summed E-state index contributed by atoms with van der Waals surface area (Å²) in [6.07, 6.45) is 1.69. The first-order chi connectivity index (χ1) is 18.8. The summed E-state index contributed by atoms with van der Waals surface area (Å²) < 4.78 is 67.6. The second kappa shape index (κ2) is 11.3. The van der Waals surface area contributed by atoms with E-state index in [-0.39, 0.29) is 43.4 Å². The molecule has 40 heavy (non-hydrogen) atoms. The number of benzene rings is 2. The standard InChI is InChI=1S/C31H36F4N2O3/c1-6-17-40-27-18-23(31(33,34)35)9-12-25(27)21-13-15-36(16-14-21)28(38)30(32)20-37(29(2,3)4)19-26(30)22-7-10-24(39-5)11-8-22/h1,7-12,18,21,26H,13-17,19-20H2,2-5H3/t26-,30-/m0/s1. The number of carbonyl (C=O) groups is 1. The van der Waals surface area contributed by atoms with E-state index in [4.69, 9.17) is 15.9 Å². The SMILES string of the molecule is C#CCOc1cc(C(F)(F)F)ccc1C1CCN(C(=O)[C@]2(F)CN(C(C)(C)C)C[C@H]2c2ccc(OC)cc2)CC1. The molecule has 0 N–H and O–H groups in total. The molecular formula is C31H36F4N2O3. The molecule has 0 aliphatic carbocycles. The molecule has 0 saturated carbocycles. The largest absolute Gasteiger partial charge is 0.497 e. The van der Waals surface area contributed by atoms with Crippen molar-refractivity contribution in [3.8, 4) is 23.8 Å². The molecule has 2 aromatic carbocycles. The van der Waals surface area contributed by atoms with Crippen LogP contribution in [0.25, 0.3) is 0 Å². The van der Waals surface area contributed by atoms with Crippen LogP contribution in [0.5, 0.6) is 11.5 Å². The predicted octanol–water partition coefficient (Wildman–Crippen LogP) is 6.04. The van der Waals surface area contributed by atoms with Gasteiger partial charge in [0.15, 0.2) is 0 Å². The molecule has 2 fully saturated rings. The quantitative estimate of drug-likeness (QED) is 0.319. The number of ether oxygens (including phenoxy) is 2. The fourth-order valence-electron chi connectivity index (χ4n) is 5.70. The third-order valence-electron chi connectivity index (χ3n) is 8.07. The fourth-order valence-corrected chi connectivity index (χ4v) is 5.70. The van der Waals surface area contributed by atoms with Gasteiger partial charge in [-0.05, 0) is 74.9 Å². The van der Waals surface area contributed by atoms with Crippen molar-refractivity contribution in [1.82, 2.24) is 9.80 Å². The monoisotopic (exact) mass is 560 g/mol. The van der Waals surface area contributed by atoms with Crippen LogP contribution in [-0.2, 0) is 11.0 Å². The van der Waals surface area contributed by atoms with E-state index in [9.17, 15) is 18.0 Å². The van der Waals surface area contributed by atoms with Gasteiger partial charge in [0.1, 0.15) is 18.1 Å². The fraction of sp³-hybridized carbons (Fsp3) is 0.516. The van der Waals surface area contributed by atoms with Crippen molar-refractivity contribution in [2.24, 2.45) is 0 Å². The van der Waals surface area contributed by atoms with Gasteiger partial charge in [0, 0.05) is 37.6 Å². The predicted molar refractivity (Wildman–Crippen MR) is 145 cm³/mol. The van der Waals surface area contributed by atoms with Crippen LogP contribution in [0.1, 0.15) is 62.1 Å². The smallest absolute Gasteiger partial charge is 0.416 e. The Morgan fingerprint density at radius 1 is 1.10 bits per heavy atom. The van der Waals surface area contributed by atoms with E-state index in [0.717, 1.165) is 17.7 Å². The molecule has 2 aliphatic rings. The molecule has 2 heterocycles. The molecule has 0 unspecified atom stereocenters. The Hall–Kier alpha value is -3.25. The van der Waals surface area contributed by atoms with Crippen LogP contribution in [0.2, 0.25) is 0 Å². The van der Waals surface area contributed by atoms with Crippen molar-refractivity contribution in [1.29, 1.82) is 0 Å². The Bertz CT molecular complexity index is 1240. The van der Waals surface area contributed by atoms with Crippen LogP contribution in [0.15, 0.2) is 42.5 Å². The lowest BCUT2D eigenvalue weighted by Crippen LogP contribution is -2.53. The Morgan fingerprint density at radius 2 is 1.75 bits per heavy atom. The maximum atomic E-state index is 17.0. The average Bonchev–Trinajstić information content (AvgIpc) is 3.30. The maximum absolute atomic E-state index is 17.0. The lowest BCUT2D eigenvalue weighted by Gasteiger charge is -2.38. The normalized spacial score (nSPS) is 22.7. The summed E-state index contributed by atoms with van der Waals surface area (Å²) in [5.41, 5.74) is -1.92. The van der Waals surface area contributed by atoms with Crippen LogP contribution < -0.4 is 9.47 Å². The van der Waals surface area contributed by atoms with Gasteiger partial charge in [0.25, 0.3) is 5.91 Å². The van der Waals surface area contributed by atoms with E-state index >= 15 is 4.39 Å². The number of hydrogen-bond donors (Lipinski definition) is 0. The molecule has 1 amide bonds. The zero-order valence-corrected chi connectivity index (χ0v) is 23.4. The first-order valence-corrected chi connectivity index (χ1v) is 13.4. The van der Waals surface area contributed by atoms with Gasteiger partial charge in [-0.15, -0.1) is 6.42 Å². The van der Waals surface area contributed by atoms with Gasteiger partial charge in [-0.1, -0.05) is 24.1 Å². The summed E-state index contributed by atoms with van der Waals surface area (Å²) in [5, 5.41) is 0. The minimum atomic E-state index is -4.51. The Balaban J connectivity index is 1.54. The second-order valence-electron chi connectivity index (χ2n) is 11.5. The molecule has 0 bridgehead atoms. The summed E-state index contributed by atoms with van der Waals surface area (Å²) >= 11 is 0. The number of piperidine rings is 1. The molecule has 2 saturated heterocycles. The number of rotatable bonds is 6. The van der Waals surface area contributed by atoms with Crippen molar-refractivity contribution < 1.29 is 31.8 Å². The average molecular weight is 561 g/mol. The highest BCUT2D eigenvalue weighted by Crippen LogP contribution is 2.45. The Labute approximate surface area is 233 Å². The molecule has 0 spiro atoms. The minimum absolute atomic E-state index is 0.0189. The second-order valence-corrected chi connectivity index (χ2v) is 11.5. The van der Waals surface area contributed by atoms with E-state index in [2.05, 4.69) is 5.92 Å². The van der Waals surface area contributed by atoms with Crippen LogP contribution in [-0.4, -0.2) is 66.8 Å². The third kappa shape index (κ3) is 6.07. The summed E-state index contributed by atoms with van der Waals surface area (Å²) in [4.78, 5) is 17.4. The lowest BCUT2D eigenvalue weighted by atomic mass is 9.83. The molecule has 2 aliphatic heterocycles. The molecule has 0 aromatic heterocycles. The number of methoxy groups -OCH3 is 1. The van der Waals surface area contributed by atoms with Gasteiger partial charge in [0.05, 0.1) is 12.7 Å². The Morgan fingerprint density at radius 3 is 2.30 bits per heavy atom. The number of terminal acetylenes is 1. The van der Waals surface area contributed by atoms with E-state index in [1.54, 1.807) is 24.1 Å². The highest BCUT2D eigenvalue weighted by Gasteiger charge is 2.57. The molecule has 2 atom stereocenters. The summed E-state index contributed by atoms with van der Waals surface area (Å²) in [5.74, 6) is 1.69. The van der Waals surface area contributed by atoms with Crippen molar-refractivity contribution >= 4 is 5.91 Å². The third-order valence-corrected chi connectivity index (χ3v) is 8.07. The van der Waals surface area contributed by atoms with Crippen molar-refractivity contribution in [2.75, 3.05) is 39.9 Å². The molecule has 5 nitrogen and oxygen atoms in total. The molecular weight excluding hydrogens is 524 g/mol. The lowest BCUT2D eigenvalue weighted by molar-refractivity contribution is -0.145. The van der Waals surface area contributed by atoms with Gasteiger partial charge in [0.2, 0.25) is 5.67 Å². The number of hydrogen-bond acceptors (Lipinski definition) is 4. The summed E-state index contributed by atoms with van der Waals surface area (Å²) in [7, 11) is 1.56. The molecule has 9 heteroatoms. The van der Waals surface area contributed by atoms with E-state index in [1.165, 1.54) is 6.07 Å². The minimum Gasteiger partial charge on any atom is -0.497 e. The van der Waals surface area contributed by atoms with E-state index in [0.29, 0.717) is 30.7 Å². The van der Waals surface area contributed by atoms with Crippen LogP contribution in [0.3, 0.4) is 0 Å². The molecule has 216 valence electrons. The van der Waals surface area contributed by atoms with Gasteiger partial charge in [-0.25, -0.2) is 4.39 Å². The highest BCUT2D eigenvalue weighted by molar-refractivity contribution is 5.87. The summed E-state index contributed by atoms with van der Waals surface area (Å²) in [6.45, 7) is 6.81. The Kier molecular flexibility index (Phi) is 8.41. The zero-order chi connectivity index (χ0) is 29.3. The van der Waals surface area contributed by atoms with Gasteiger partial charge in [-0.2, -0.15) is 13.2 Å². The van der Waals surface area contributed by atoms with Crippen LogP contribution in [0.4, 0.5) is 17.6 Å². The number of halogens is 4. The summed E-state index contributed by atoms with van der Waals surface area (Å²) in [6, 6.07) is 10.6. The van der Waals surface area contributed by atoms with E-state index < -0.39 is 29.2 Å². The van der Waals surface area contributed by atoms with Crippen LogP contribution in [0, 0.1) is 12.3 Å². The number of amides is 1. The van der Waals surface area contributed by atoms with Crippen molar-refractivity contribution in [3.63, 3.8) is 0 Å². The van der Waals surface area contributed by atoms with Gasteiger partial charge < -0.3 is 14.4 Å². The first-order valence-electron chi connectivity index (χ1n) is 13.4. The maximum Gasteiger partial charge on any atom is 0.416 e. The van der Waals surface area contributed by atoms with Gasteiger partial charge in [-0.3, -0.25) is 9.69 Å². The van der Waals surface area contributed by atoms with Gasteiger partial charge >= 0.3 is 6.18 Å². The zero-order valence-electron chi connectivity index (χ0n) is 23.4. The molecule has 0 radical (unpaired) electrons. The van der Waals surface area contributed by atoms with Crippen molar-refractivity contribution in [2.45, 2.75) is 62.8 Å².